The van der Waals surface area contributed by atoms with E-state index in [1.807, 2.05) is 25.1 Å². The van der Waals surface area contributed by atoms with E-state index >= 15 is 0 Å². The summed E-state index contributed by atoms with van der Waals surface area (Å²) >= 11 is 6.42. The summed E-state index contributed by atoms with van der Waals surface area (Å²) in [4.78, 5) is 12.9. The van der Waals surface area contributed by atoms with Crippen LogP contribution in [0.15, 0.2) is 35.5 Å². The first-order valence-electron chi connectivity index (χ1n) is 9.80. The van der Waals surface area contributed by atoms with E-state index in [4.69, 9.17) is 16.3 Å². The van der Waals surface area contributed by atoms with Crippen LogP contribution in [0.3, 0.4) is 0 Å². The lowest BCUT2D eigenvalue weighted by atomic mass is 9.96. The molecule has 0 unspecified atom stereocenters. The number of carbonyl (C=O) groups excluding carboxylic acids is 1. The molecule has 28 heavy (non-hydrogen) atoms. The highest BCUT2D eigenvalue weighted by Gasteiger charge is 2.35. The van der Waals surface area contributed by atoms with E-state index in [9.17, 15) is 4.79 Å². The Balaban J connectivity index is 1.74. The van der Waals surface area contributed by atoms with Crippen LogP contribution >= 0.6 is 11.6 Å². The van der Waals surface area contributed by atoms with Crippen LogP contribution in [0, 0.1) is 0 Å². The van der Waals surface area contributed by atoms with Crippen LogP contribution in [0.2, 0.25) is 5.02 Å². The second-order valence-electron chi connectivity index (χ2n) is 6.94. The third kappa shape index (κ3) is 4.52. The van der Waals surface area contributed by atoms with Gasteiger partial charge in [0, 0.05) is 16.3 Å². The zero-order chi connectivity index (χ0) is 19.9. The Morgan fingerprint density at radius 3 is 2.75 bits per heavy atom. The molecule has 0 spiro atoms. The number of aromatic nitrogens is 4. The quantitative estimate of drug-likeness (QED) is 0.489. The van der Waals surface area contributed by atoms with Crippen LogP contribution in [-0.4, -0.2) is 32.8 Å². The SMILES string of the molecule is CCCCCCCCOC(=O)C1=C(C)Nc2nnnn2[C@H]1c1ccccc1Cl. The number of tetrazole rings is 1. The van der Waals surface area contributed by atoms with Crippen molar-refractivity contribution in [3.63, 3.8) is 0 Å². The topological polar surface area (TPSA) is 81.9 Å². The molecule has 150 valence electrons. The van der Waals surface area contributed by atoms with Gasteiger partial charge in [0.05, 0.1) is 12.2 Å². The summed E-state index contributed by atoms with van der Waals surface area (Å²) in [7, 11) is 0. The average Bonchev–Trinajstić information content (AvgIpc) is 3.14. The number of rotatable bonds is 9. The molecule has 0 radical (unpaired) electrons. The summed E-state index contributed by atoms with van der Waals surface area (Å²) in [5.74, 6) is 0.0968. The Morgan fingerprint density at radius 1 is 1.21 bits per heavy atom. The third-order valence-electron chi connectivity index (χ3n) is 4.86. The zero-order valence-corrected chi connectivity index (χ0v) is 17.1. The maximum Gasteiger partial charge on any atom is 0.338 e. The van der Waals surface area contributed by atoms with Gasteiger partial charge in [-0.25, -0.2) is 4.79 Å². The Kier molecular flexibility index (Phi) is 7.03. The predicted octanol–water partition coefficient (Wildman–Crippen LogP) is 4.52. The normalized spacial score (nSPS) is 15.9. The van der Waals surface area contributed by atoms with E-state index in [0.717, 1.165) is 18.4 Å². The van der Waals surface area contributed by atoms with Crippen molar-refractivity contribution in [1.29, 1.82) is 0 Å². The van der Waals surface area contributed by atoms with E-state index < -0.39 is 6.04 Å². The van der Waals surface area contributed by atoms with Crippen molar-refractivity contribution >= 4 is 23.5 Å². The molecule has 2 aromatic rings. The van der Waals surface area contributed by atoms with Crippen LogP contribution in [-0.2, 0) is 9.53 Å². The summed E-state index contributed by atoms with van der Waals surface area (Å²) in [5.41, 5.74) is 1.89. The van der Waals surface area contributed by atoms with Crippen molar-refractivity contribution in [3.8, 4) is 0 Å². The average molecular weight is 404 g/mol. The molecular formula is C20H26ClN5O2. The van der Waals surface area contributed by atoms with Crippen molar-refractivity contribution in [3.05, 3.63) is 46.1 Å². The minimum absolute atomic E-state index is 0.371. The fourth-order valence-corrected chi connectivity index (χ4v) is 3.63. The van der Waals surface area contributed by atoms with Crippen molar-refractivity contribution in [2.45, 2.75) is 58.4 Å². The molecule has 0 aliphatic carbocycles. The molecule has 0 amide bonds. The number of ether oxygens (including phenoxy) is 1. The van der Waals surface area contributed by atoms with Crippen LogP contribution in [0.5, 0.6) is 0 Å². The van der Waals surface area contributed by atoms with Gasteiger partial charge in [-0.2, -0.15) is 4.68 Å². The number of halogens is 1. The molecule has 2 heterocycles. The van der Waals surface area contributed by atoms with Gasteiger partial charge < -0.3 is 10.1 Å². The predicted molar refractivity (Wildman–Crippen MR) is 108 cm³/mol. The third-order valence-corrected chi connectivity index (χ3v) is 5.21. The fourth-order valence-electron chi connectivity index (χ4n) is 3.39. The standard InChI is InChI=1S/C20H26ClN5O2/c1-3-4-5-6-7-10-13-28-19(27)17-14(2)22-20-23-24-25-26(20)18(17)15-11-8-9-12-16(15)21/h8-9,11-12,18H,3-7,10,13H2,1-2H3,(H,22,23,25)/t18-/m0/s1. The zero-order valence-electron chi connectivity index (χ0n) is 16.3. The summed E-state index contributed by atoms with van der Waals surface area (Å²) < 4.78 is 7.14. The molecule has 0 fully saturated rings. The number of unbranched alkanes of at least 4 members (excludes halogenated alkanes) is 5. The van der Waals surface area contributed by atoms with Crippen molar-refractivity contribution in [1.82, 2.24) is 20.2 Å². The molecule has 3 rings (SSSR count). The summed E-state index contributed by atoms with van der Waals surface area (Å²) in [6.07, 6.45) is 6.81. The van der Waals surface area contributed by atoms with Gasteiger partial charge in [0.1, 0.15) is 6.04 Å². The van der Waals surface area contributed by atoms with Crippen molar-refractivity contribution in [2.24, 2.45) is 0 Å². The molecule has 1 aromatic heterocycles. The van der Waals surface area contributed by atoms with Gasteiger partial charge in [0.2, 0.25) is 5.95 Å². The van der Waals surface area contributed by atoms with Gasteiger partial charge in [-0.1, -0.05) is 73.9 Å². The first kappa shape index (κ1) is 20.3. The number of anilines is 1. The maximum absolute atomic E-state index is 12.9. The molecule has 1 aliphatic heterocycles. The first-order valence-corrected chi connectivity index (χ1v) is 10.2. The van der Waals surface area contributed by atoms with Crippen LogP contribution < -0.4 is 5.32 Å². The lowest BCUT2D eigenvalue weighted by molar-refractivity contribution is -0.139. The first-order chi connectivity index (χ1) is 13.6. The molecule has 1 aromatic carbocycles. The van der Waals surface area contributed by atoms with Crippen LogP contribution in [0.25, 0.3) is 0 Å². The van der Waals surface area contributed by atoms with Crippen LogP contribution in [0.1, 0.15) is 64.0 Å². The number of esters is 1. The molecule has 1 atom stereocenters. The smallest absolute Gasteiger partial charge is 0.338 e. The highest BCUT2D eigenvalue weighted by molar-refractivity contribution is 6.31. The number of fused-ring (bicyclic) bond motifs is 1. The van der Waals surface area contributed by atoms with Gasteiger partial charge in [0.15, 0.2) is 0 Å². The number of nitrogens with zero attached hydrogens (tertiary/aromatic N) is 4. The lowest BCUT2D eigenvalue weighted by Crippen LogP contribution is -2.30. The van der Waals surface area contributed by atoms with E-state index in [0.29, 0.717) is 28.8 Å². The van der Waals surface area contributed by atoms with Gasteiger partial charge in [-0.15, -0.1) is 0 Å². The van der Waals surface area contributed by atoms with Gasteiger partial charge >= 0.3 is 5.97 Å². The Morgan fingerprint density at radius 2 is 1.96 bits per heavy atom. The molecular weight excluding hydrogens is 378 g/mol. The number of carbonyl (C=O) groups is 1. The fraction of sp³-hybridized carbons (Fsp3) is 0.500. The minimum atomic E-state index is -0.531. The molecule has 0 bridgehead atoms. The molecule has 0 saturated heterocycles. The Labute approximate surface area is 170 Å². The van der Waals surface area contributed by atoms with Crippen molar-refractivity contribution in [2.75, 3.05) is 11.9 Å². The van der Waals surface area contributed by atoms with E-state index in [-0.39, 0.29) is 5.97 Å². The Bertz CT molecular complexity index is 849. The minimum Gasteiger partial charge on any atom is -0.462 e. The number of allylic oxidation sites excluding steroid dienone is 1. The molecule has 0 saturated carbocycles. The van der Waals surface area contributed by atoms with Crippen LogP contribution in [0.4, 0.5) is 5.95 Å². The van der Waals surface area contributed by atoms with Gasteiger partial charge in [-0.05, 0) is 29.8 Å². The Hall–Kier alpha value is -2.41. The molecule has 1 aliphatic rings. The molecule has 8 heteroatoms. The van der Waals surface area contributed by atoms with Gasteiger partial charge in [0.25, 0.3) is 0 Å². The second kappa shape index (κ2) is 9.68. The summed E-state index contributed by atoms with van der Waals surface area (Å²) in [5, 5.41) is 15.4. The van der Waals surface area contributed by atoms with E-state index in [2.05, 4.69) is 27.8 Å². The highest BCUT2D eigenvalue weighted by atomic mass is 35.5. The number of hydrogen-bond donors (Lipinski definition) is 1. The monoisotopic (exact) mass is 403 g/mol. The summed E-state index contributed by atoms with van der Waals surface area (Å²) in [6.45, 7) is 4.42. The van der Waals surface area contributed by atoms with E-state index in [1.54, 1.807) is 10.7 Å². The summed E-state index contributed by atoms with van der Waals surface area (Å²) in [6, 6.07) is 6.86. The number of hydrogen-bond acceptors (Lipinski definition) is 6. The number of nitrogens with one attached hydrogen (secondary N) is 1. The lowest BCUT2D eigenvalue weighted by Gasteiger charge is -2.27. The van der Waals surface area contributed by atoms with Gasteiger partial charge in [-0.3, -0.25) is 0 Å². The molecule has 1 N–H and O–H groups in total. The largest absolute Gasteiger partial charge is 0.462 e. The second-order valence-corrected chi connectivity index (χ2v) is 7.35. The number of benzene rings is 1. The maximum atomic E-state index is 12.9. The van der Waals surface area contributed by atoms with E-state index in [1.165, 1.54) is 25.7 Å². The molecule has 7 nitrogen and oxygen atoms in total. The van der Waals surface area contributed by atoms with Crippen molar-refractivity contribution < 1.29 is 9.53 Å². The highest BCUT2D eigenvalue weighted by Crippen LogP contribution is 2.37.